The van der Waals surface area contributed by atoms with E-state index in [-0.39, 0.29) is 17.0 Å². The summed E-state index contributed by atoms with van der Waals surface area (Å²) in [7, 11) is 0. The molecule has 1 aromatic heterocycles. The fraction of sp³-hybridized carbons (Fsp3) is 0.0526. The van der Waals surface area contributed by atoms with E-state index in [0.29, 0.717) is 5.56 Å². The van der Waals surface area contributed by atoms with E-state index >= 15 is 0 Å². The SMILES string of the molecule is O=C(N/N=C/c1cccc(C(F)(F)F)c1)c1cc(-c2ccc(F)cc2)nc(=O)[nH]1. The Morgan fingerprint density at radius 3 is 2.52 bits per heavy atom. The number of aromatic amines is 1. The lowest BCUT2D eigenvalue weighted by Crippen LogP contribution is -2.24. The highest BCUT2D eigenvalue weighted by atomic mass is 19.4. The molecular formula is C19H12F4N4O2. The van der Waals surface area contributed by atoms with Gasteiger partial charge < -0.3 is 4.98 Å². The van der Waals surface area contributed by atoms with Gasteiger partial charge in [0.25, 0.3) is 5.91 Å². The van der Waals surface area contributed by atoms with Gasteiger partial charge in [-0.3, -0.25) is 4.79 Å². The van der Waals surface area contributed by atoms with E-state index in [1.165, 1.54) is 42.5 Å². The van der Waals surface area contributed by atoms with Crippen LogP contribution in [0.25, 0.3) is 11.3 Å². The molecule has 0 aliphatic rings. The maximum Gasteiger partial charge on any atom is 0.416 e. The number of halogens is 4. The highest BCUT2D eigenvalue weighted by molar-refractivity contribution is 5.93. The molecule has 0 saturated heterocycles. The number of hydrogen-bond acceptors (Lipinski definition) is 4. The molecule has 2 N–H and O–H groups in total. The Balaban J connectivity index is 1.77. The van der Waals surface area contributed by atoms with Crippen molar-refractivity contribution >= 4 is 12.1 Å². The Hall–Kier alpha value is -3.82. The molecule has 0 aliphatic heterocycles. The fourth-order valence-corrected chi connectivity index (χ4v) is 2.37. The molecule has 10 heteroatoms. The Morgan fingerprint density at radius 2 is 1.83 bits per heavy atom. The Kier molecular flexibility index (Phi) is 5.53. The number of amides is 1. The first kappa shape index (κ1) is 19.9. The first-order valence-corrected chi connectivity index (χ1v) is 8.10. The smallest absolute Gasteiger partial charge is 0.301 e. The molecule has 2 aromatic carbocycles. The third-order valence-electron chi connectivity index (χ3n) is 3.72. The molecule has 0 fully saturated rings. The fourth-order valence-electron chi connectivity index (χ4n) is 2.37. The lowest BCUT2D eigenvalue weighted by Gasteiger charge is -2.06. The van der Waals surface area contributed by atoms with Gasteiger partial charge >= 0.3 is 11.9 Å². The molecular weight excluding hydrogens is 392 g/mol. The van der Waals surface area contributed by atoms with Crippen molar-refractivity contribution in [3.63, 3.8) is 0 Å². The molecule has 0 unspecified atom stereocenters. The van der Waals surface area contributed by atoms with Gasteiger partial charge in [0.1, 0.15) is 11.5 Å². The summed E-state index contributed by atoms with van der Waals surface area (Å²) in [5.74, 6) is -1.28. The van der Waals surface area contributed by atoms with Crippen LogP contribution >= 0.6 is 0 Å². The zero-order valence-corrected chi connectivity index (χ0v) is 14.5. The first-order valence-electron chi connectivity index (χ1n) is 8.10. The minimum atomic E-state index is -4.50. The van der Waals surface area contributed by atoms with Gasteiger partial charge in [0, 0.05) is 5.56 Å². The van der Waals surface area contributed by atoms with Gasteiger partial charge in [-0.05, 0) is 48.0 Å². The van der Waals surface area contributed by atoms with Crippen molar-refractivity contribution in [1.82, 2.24) is 15.4 Å². The second-order valence-electron chi connectivity index (χ2n) is 5.81. The maximum atomic E-state index is 13.0. The summed E-state index contributed by atoms with van der Waals surface area (Å²) in [6, 6.07) is 10.8. The molecule has 0 saturated carbocycles. The van der Waals surface area contributed by atoms with E-state index < -0.39 is 29.2 Å². The number of rotatable bonds is 4. The molecule has 0 bridgehead atoms. The van der Waals surface area contributed by atoms with Crippen LogP contribution in [-0.4, -0.2) is 22.1 Å². The second-order valence-corrected chi connectivity index (χ2v) is 5.81. The average Bonchev–Trinajstić information content (AvgIpc) is 2.67. The summed E-state index contributed by atoms with van der Waals surface area (Å²) < 4.78 is 51.1. The number of aromatic nitrogens is 2. The van der Waals surface area contributed by atoms with E-state index in [0.717, 1.165) is 18.3 Å². The Labute approximate surface area is 160 Å². The average molecular weight is 404 g/mol. The number of carbonyl (C=O) groups is 1. The normalized spacial score (nSPS) is 11.6. The minimum absolute atomic E-state index is 0.121. The largest absolute Gasteiger partial charge is 0.416 e. The summed E-state index contributed by atoms with van der Waals surface area (Å²) in [4.78, 5) is 29.9. The topological polar surface area (TPSA) is 87.2 Å². The molecule has 0 spiro atoms. The van der Waals surface area contributed by atoms with Gasteiger partial charge in [-0.2, -0.15) is 23.3 Å². The molecule has 0 radical (unpaired) electrons. The van der Waals surface area contributed by atoms with E-state index in [2.05, 4.69) is 20.5 Å². The van der Waals surface area contributed by atoms with Crippen LogP contribution in [0.2, 0.25) is 0 Å². The van der Waals surface area contributed by atoms with Crippen molar-refractivity contribution in [3.05, 3.63) is 87.7 Å². The highest BCUT2D eigenvalue weighted by Crippen LogP contribution is 2.29. The van der Waals surface area contributed by atoms with Gasteiger partial charge in [-0.25, -0.2) is 14.6 Å². The van der Waals surface area contributed by atoms with Crippen LogP contribution < -0.4 is 11.1 Å². The molecule has 0 aliphatic carbocycles. The van der Waals surface area contributed by atoms with Crippen LogP contribution in [-0.2, 0) is 6.18 Å². The predicted molar refractivity (Wildman–Crippen MR) is 96.8 cm³/mol. The standard InChI is InChI=1S/C19H12F4N4O2/c20-14-6-4-12(5-7-14)15-9-16(26-18(29)25-15)17(28)27-24-10-11-2-1-3-13(8-11)19(21,22)23/h1-10H,(H,27,28)(H,25,26,29)/b24-10+. The quantitative estimate of drug-likeness (QED) is 0.397. The van der Waals surface area contributed by atoms with E-state index in [9.17, 15) is 27.2 Å². The van der Waals surface area contributed by atoms with Crippen LogP contribution in [0.5, 0.6) is 0 Å². The molecule has 148 valence electrons. The van der Waals surface area contributed by atoms with Crippen LogP contribution in [0.3, 0.4) is 0 Å². The number of hydrazone groups is 1. The van der Waals surface area contributed by atoms with Crippen molar-refractivity contribution < 1.29 is 22.4 Å². The molecule has 29 heavy (non-hydrogen) atoms. The van der Waals surface area contributed by atoms with Crippen molar-refractivity contribution in [1.29, 1.82) is 0 Å². The number of nitrogens with zero attached hydrogens (tertiary/aromatic N) is 2. The number of H-pyrrole nitrogens is 1. The van der Waals surface area contributed by atoms with Crippen LogP contribution in [0.4, 0.5) is 17.6 Å². The Bertz CT molecular complexity index is 1120. The van der Waals surface area contributed by atoms with Gasteiger partial charge in [0.2, 0.25) is 0 Å². The van der Waals surface area contributed by atoms with Crippen LogP contribution in [0.1, 0.15) is 21.6 Å². The van der Waals surface area contributed by atoms with Crippen molar-refractivity contribution in [3.8, 4) is 11.3 Å². The molecule has 3 rings (SSSR count). The molecule has 6 nitrogen and oxygen atoms in total. The van der Waals surface area contributed by atoms with Crippen molar-refractivity contribution in [2.75, 3.05) is 0 Å². The number of benzene rings is 2. The van der Waals surface area contributed by atoms with Gasteiger partial charge in [-0.15, -0.1) is 0 Å². The van der Waals surface area contributed by atoms with Crippen molar-refractivity contribution in [2.45, 2.75) is 6.18 Å². The maximum absolute atomic E-state index is 13.0. The minimum Gasteiger partial charge on any atom is -0.301 e. The summed E-state index contributed by atoms with van der Waals surface area (Å²) in [5.41, 5.74) is 0.954. The first-order chi connectivity index (χ1) is 13.7. The lowest BCUT2D eigenvalue weighted by atomic mass is 10.1. The second kappa shape index (κ2) is 8.05. The van der Waals surface area contributed by atoms with Gasteiger partial charge in [-0.1, -0.05) is 12.1 Å². The van der Waals surface area contributed by atoms with E-state index in [1.54, 1.807) is 0 Å². The molecule has 1 heterocycles. The zero-order valence-electron chi connectivity index (χ0n) is 14.5. The summed E-state index contributed by atoms with van der Waals surface area (Å²) in [6.07, 6.45) is -3.46. The van der Waals surface area contributed by atoms with Crippen molar-refractivity contribution in [2.24, 2.45) is 5.10 Å². The number of hydrogen-bond donors (Lipinski definition) is 2. The van der Waals surface area contributed by atoms with Gasteiger partial charge in [0.15, 0.2) is 0 Å². The Morgan fingerprint density at radius 1 is 1.10 bits per heavy atom. The lowest BCUT2D eigenvalue weighted by molar-refractivity contribution is -0.137. The number of alkyl halides is 3. The number of nitrogens with one attached hydrogen (secondary N) is 2. The third kappa shape index (κ3) is 5.12. The third-order valence-corrected chi connectivity index (χ3v) is 3.72. The molecule has 0 atom stereocenters. The van der Waals surface area contributed by atoms with Crippen LogP contribution in [0, 0.1) is 5.82 Å². The monoisotopic (exact) mass is 404 g/mol. The number of carbonyl (C=O) groups excluding carboxylic acids is 1. The van der Waals surface area contributed by atoms with E-state index in [4.69, 9.17) is 0 Å². The van der Waals surface area contributed by atoms with Gasteiger partial charge in [0.05, 0.1) is 17.5 Å². The zero-order chi connectivity index (χ0) is 21.0. The predicted octanol–water partition coefficient (Wildman–Crippen LogP) is 3.36. The summed E-state index contributed by atoms with van der Waals surface area (Å²) in [5, 5.41) is 3.60. The highest BCUT2D eigenvalue weighted by Gasteiger charge is 2.30. The molecule has 1 amide bonds. The summed E-state index contributed by atoms with van der Waals surface area (Å²) >= 11 is 0. The summed E-state index contributed by atoms with van der Waals surface area (Å²) in [6.45, 7) is 0. The van der Waals surface area contributed by atoms with Crippen LogP contribution in [0.15, 0.2) is 64.5 Å². The van der Waals surface area contributed by atoms with E-state index in [1.807, 2.05) is 0 Å². The molecule has 3 aromatic rings.